The van der Waals surface area contributed by atoms with Crippen LogP contribution >= 0.6 is 0 Å². The van der Waals surface area contributed by atoms with Crippen LogP contribution in [0, 0.1) is 11.3 Å². The number of amides is 2. The number of hydrogen-bond acceptors (Lipinski definition) is 3. The van der Waals surface area contributed by atoms with Gasteiger partial charge >= 0.3 is 6.18 Å². The first kappa shape index (κ1) is 16.1. The molecule has 0 radical (unpaired) electrons. The second kappa shape index (κ2) is 5.82. The first-order valence-corrected chi connectivity index (χ1v) is 7.10. The molecule has 2 unspecified atom stereocenters. The molecule has 2 aliphatic rings. The SMILES string of the molecule is CNC(=O)C1CCCN(C(=O)C2(C(F)(F)F)CCNC2)C1. The van der Waals surface area contributed by atoms with Crippen LogP contribution < -0.4 is 10.6 Å². The molecule has 0 aromatic carbocycles. The lowest BCUT2D eigenvalue weighted by Gasteiger charge is -2.39. The van der Waals surface area contributed by atoms with Gasteiger partial charge in [0, 0.05) is 26.7 Å². The summed E-state index contributed by atoms with van der Waals surface area (Å²) in [6, 6.07) is 0. The Balaban J connectivity index is 2.16. The van der Waals surface area contributed by atoms with E-state index in [1.807, 2.05) is 0 Å². The molecule has 0 aromatic rings. The predicted molar refractivity (Wildman–Crippen MR) is 69.3 cm³/mol. The van der Waals surface area contributed by atoms with Crippen molar-refractivity contribution >= 4 is 11.8 Å². The van der Waals surface area contributed by atoms with E-state index in [0.29, 0.717) is 12.8 Å². The van der Waals surface area contributed by atoms with Gasteiger partial charge in [0.1, 0.15) is 0 Å². The van der Waals surface area contributed by atoms with Crippen molar-refractivity contribution in [3.8, 4) is 0 Å². The number of halogens is 3. The molecule has 2 saturated heterocycles. The van der Waals surface area contributed by atoms with E-state index in [4.69, 9.17) is 0 Å². The molecule has 0 spiro atoms. The Morgan fingerprint density at radius 3 is 2.62 bits per heavy atom. The summed E-state index contributed by atoms with van der Waals surface area (Å²) in [5.41, 5.74) is -2.34. The van der Waals surface area contributed by atoms with Crippen molar-refractivity contribution in [2.24, 2.45) is 11.3 Å². The standard InChI is InChI=1S/C13H20F3N3O2/c1-17-10(20)9-3-2-6-19(7-9)11(21)12(13(14,15)16)4-5-18-8-12/h9,18H,2-8H2,1H3,(H,17,20). The molecule has 120 valence electrons. The minimum Gasteiger partial charge on any atom is -0.359 e. The lowest BCUT2D eigenvalue weighted by atomic mass is 9.83. The zero-order chi connectivity index (χ0) is 15.7. The monoisotopic (exact) mass is 307 g/mol. The number of carbonyl (C=O) groups excluding carboxylic acids is 2. The molecule has 0 aliphatic carbocycles. The molecule has 2 N–H and O–H groups in total. The van der Waals surface area contributed by atoms with Crippen molar-refractivity contribution in [2.75, 3.05) is 33.2 Å². The van der Waals surface area contributed by atoms with Crippen molar-refractivity contribution in [2.45, 2.75) is 25.4 Å². The topological polar surface area (TPSA) is 61.4 Å². The van der Waals surface area contributed by atoms with Crippen LogP contribution in [0.3, 0.4) is 0 Å². The number of hydrogen-bond donors (Lipinski definition) is 2. The zero-order valence-electron chi connectivity index (χ0n) is 11.9. The molecule has 2 aliphatic heterocycles. The number of nitrogens with zero attached hydrogens (tertiary/aromatic N) is 1. The van der Waals surface area contributed by atoms with E-state index in [1.165, 1.54) is 11.9 Å². The molecule has 0 bridgehead atoms. The zero-order valence-corrected chi connectivity index (χ0v) is 11.9. The van der Waals surface area contributed by atoms with E-state index >= 15 is 0 Å². The van der Waals surface area contributed by atoms with Gasteiger partial charge in [-0.25, -0.2) is 0 Å². The number of alkyl halides is 3. The van der Waals surface area contributed by atoms with Gasteiger partial charge in [0.2, 0.25) is 11.8 Å². The number of carbonyl (C=O) groups is 2. The van der Waals surface area contributed by atoms with Gasteiger partial charge < -0.3 is 15.5 Å². The second-order valence-electron chi connectivity index (χ2n) is 5.71. The highest BCUT2D eigenvalue weighted by Gasteiger charge is 2.62. The number of likely N-dealkylation sites (tertiary alicyclic amines) is 1. The maximum atomic E-state index is 13.4. The molecule has 0 saturated carbocycles. The van der Waals surface area contributed by atoms with E-state index in [9.17, 15) is 22.8 Å². The molecule has 0 aromatic heterocycles. The first-order chi connectivity index (χ1) is 9.82. The highest BCUT2D eigenvalue weighted by Crippen LogP contribution is 2.44. The summed E-state index contributed by atoms with van der Waals surface area (Å²) in [6.45, 7) is 0.148. The molecule has 2 amide bonds. The lowest BCUT2D eigenvalue weighted by Crippen LogP contribution is -2.56. The molecule has 8 heteroatoms. The van der Waals surface area contributed by atoms with Crippen LogP contribution in [0.5, 0.6) is 0 Å². The van der Waals surface area contributed by atoms with Gasteiger partial charge in [-0.05, 0) is 25.8 Å². The van der Waals surface area contributed by atoms with Crippen molar-refractivity contribution in [3.05, 3.63) is 0 Å². The molecule has 2 atom stereocenters. The minimum atomic E-state index is -4.58. The van der Waals surface area contributed by atoms with Crippen LogP contribution in [0.4, 0.5) is 13.2 Å². The molecule has 5 nitrogen and oxygen atoms in total. The van der Waals surface area contributed by atoms with Gasteiger partial charge in [-0.2, -0.15) is 13.2 Å². The highest BCUT2D eigenvalue weighted by molar-refractivity contribution is 5.86. The third kappa shape index (κ3) is 2.86. The Bertz CT molecular complexity index is 419. The summed E-state index contributed by atoms with van der Waals surface area (Å²) in [5.74, 6) is -1.54. The fraction of sp³-hybridized carbons (Fsp3) is 0.846. The summed E-state index contributed by atoms with van der Waals surface area (Å²) >= 11 is 0. The van der Waals surface area contributed by atoms with Gasteiger partial charge in [-0.15, -0.1) is 0 Å². The fourth-order valence-electron chi connectivity index (χ4n) is 3.12. The molecule has 2 rings (SSSR count). The second-order valence-corrected chi connectivity index (χ2v) is 5.71. The maximum absolute atomic E-state index is 13.4. The number of rotatable bonds is 2. The van der Waals surface area contributed by atoms with Gasteiger partial charge in [-0.3, -0.25) is 9.59 Å². The third-order valence-electron chi connectivity index (χ3n) is 4.43. The summed E-state index contributed by atoms with van der Waals surface area (Å²) in [6.07, 6.45) is -3.67. The lowest BCUT2D eigenvalue weighted by molar-refractivity contribution is -0.222. The number of nitrogens with one attached hydrogen (secondary N) is 2. The Labute approximate surface area is 121 Å². The molecular weight excluding hydrogens is 287 g/mol. The Kier molecular flexibility index (Phi) is 4.46. The predicted octanol–water partition coefficient (Wildman–Crippen LogP) is 0.513. The Hall–Kier alpha value is -1.31. The quantitative estimate of drug-likeness (QED) is 0.781. The van der Waals surface area contributed by atoms with Crippen molar-refractivity contribution < 1.29 is 22.8 Å². The fourth-order valence-corrected chi connectivity index (χ4v) is 3.12. The molecule has 21 heavy (non-hydrogen) atoms. The van der Waals surface area contributed by atoms with E-state index < -0.39 is 23.4 Å². The van der Waals surface area contributed by atoms with E-state index in [0.717, 1.165) is 0 Å². The molecule has 2 heterocycles. The van der Waals surface area contributed by atoms with Crippen molar-refractivity contribution in [1.29, 1.82) is 0 Å². The Morgan fingerprint density at radius 2 is 2.10 bits per heavy atom. The first-order valence-electron chi connectivity index (χ1n) is 7.10. The van der Waals surface area contributed by atoms with Gasteiger partial charge in [0.05, 0.1) is 5.92 Å². The van der Waals surface area contributed by atoms with Crippen LogP contribution in [0.25, 0.3) is 0 Å². The highest BCUT2D eigenvalue weighted by atomic mass is 19.4. The van der Waals surface area contributed by atoms with Crippen LogP contribution in [0.1, 0.15) is 19.3 Å². The van der Waals surface area contributed by atoms with E-state index in [-0.39, 0.29) is 38.5 Å². The Morgan fingerprint density at radius 1 is 1.38 bits per heavy atom. The molecule has 2 fully saturated rings. The normalized spacial score (nSPS) is 30.3. The summed E-state index contributed by atoms with van der Waals surface area (Å²) in [5, 5.41) is 5.13. The van der Waals surface area contributed by atoms with Crippen LogP contribution in [0.2, 0.25) is 0 Å². The summed E-state index contributed by atoms with van der Waals surface area (Å²) < 4.78 is 40.1. The average molecular weight is 307 g/mol. The largest absolute Gasteiger partial charge is 0.404 e. The van der Waals surface area contributed by atoms with Crippen molar-refractivity contribution in [3.63, 3.8) is 0 Å². The van der Waals surface area contributed by atoms with Gasteiger partial charge in [-0.1, -0.05) is 0 Å². The summed E-state index contributed by atoms with van der Waals surface area (Å²) in [7, 11) is 1.49. The minimum absolute atomic E-state index is 0.0658. The van der Waals surface area contributed by atoms with Crippen LogP contribution in [0.15, 0.2) is 0 Å². The summed E-state index contributed by atoms with van der Waals surface area (Å²) in [4.78, 5) is 25.3. The van der Waals surface area contributed by atoms with E-state index in [2.05, 4.69) is 10.6 Å². The number of piperidine rings is 1. The van der Waals surface area contributed by atoms with Gasteiger partial charge in [0.25, 0.3) is 0 Å². The van der Waals surface area contributed by atoms with Crippen LogP contribution in [-0.4, -0.2) is 56.1 Å². The van der Waals surface area contributed by atoms with Crippen molar-refractivity contribution in [1.82, 2.24) is 15.5 Å². The van der Waals surface area contributed by atoms with E-state index in [1.54, 1.807) is 0 Å². The van der Waals surface area contributed by atoms with Gasteiger partial charge in [0.15, 0.2) is 5.41 Å². The average Bonchev–Trinajstić information content (AvgIpc) is 2.96. The molecular formula is C13H20F3N3O2. The van der Waals surface area contributed by atoms with Crippen LogP contribution in [-0.2, 0) is 9.59 Å². The smallest absolute Gasteiger partial charge is 0.359 e. The third-order valence-corrected chi connectivity index (χ3v) is 4.43. The maximum Gasteiger partial charge on any atom is 0.404 e.